The molecule has 0 saturated carbocycles. The third-order valence-corrected chi connectivity index (χ3v) is 4.20. The number of aliphatic hydroxyl groups excluding tert-OH is 1. The first-order valence-corrected chi connectivity index (χ1v) is 7.38. The predicted molar refractivity (Wildman–Crippen MR) is 82.9 cm³/mol. The normalized spacial score (nSPS) is 13.0. The molecule has 5 heteroatoms. The molecule has 1 rings (SSSR count). The second kappa shape index (κ2) is 8.00. The fraction of sp³-hybridized carbons (Fsp3) is 0.562. The SMILES string of the molecule is CCC(CC)(CO)CNC(=O)C(N)Cc1ccc(O)cc1. The van der Waals surface area contributed by atoms with E-state index >= 15 is 0 Å². The number of amides is 1. The van der Waals surface area contributed by atoms with Crippen LogP contribution in [0.3, 0.4) is 0 Å². The molecule has 0 saturated heterocycles. The Balaban J connectivity index is 2.53. The number of nitrogens with one attached hydrogen (secondary N) is 1. The van der Waals surface area contributed by atoms with E-state index in [2.05, 4.69) is 5.32 Å². The lowest BCUT2D eigenvalue weighted by Crippen LogP contribution is -2.47. The van der Waals surface area contributed by atoms with Crippen molar-refractivity contribution in [2.45, 2.75) is 39.2 Å². The number of phenols is 1. The summed E-state index contributed by atoms with van der Waals surface area (Å²) in [5, 5.41) is 21.5. The van der Waals surface area contributed by atoms with E-state index in [0.29, 0.717) is 13.0 Å². The predicted octanol–water partition coefficient (Wildman–Crippen LogP) is 1.18. The number of rotatable bonds is 8. The maximum absolute atomic E-state index is 12.0. The number of benzene rings is 1. The Bertz CT molecular complexity index is 433. The molecule has 1 amide bonds. The summed E-state index contributed by atoms with van der Waals surface area (Å²) in [5.74, 6) is -0.0295. The summed E-state index contributed by atoms with van der Waals surface area (Å²) in [7, 11) is 0. The van der Waals surface area contributed by atoms with Gasteiger partial charge in [0.05, 0.1) is 12.6 Å². The molecule has 5 nitrogen and oxygen atoms in total. The molecule has 0 aromatic heterocycles. The van der Waals surface area contributed by atoms with E-state index < -0.39 is 6.04 Å². The minimum atomic E-state index is -0.639. The van der Waals surface area contributed by atoms with Crippen LogP contribution in [0.25, 0.3) is 0 Å². The van der Waals surface area contributed by atoms with Crippen LogP contribution in [0.2, 0.25) is 0 Å². The number of carbonyl (C=O) groups is 1. The van der Waals surface area contributed by atoms with Crippen LogP contribution < -0.4 is 11.1 Å². The van der Waals surface area contributed by atoms with Gasteiger partial charge in [0.15, 0.2) is 0 Å². The van der Waals surface area contributed by atoms with Gasteiger partial charge in [-0.2, -0.15) is 0 Å². The van der Waals surface area contributed by atoms with E-state index in [-0.39, 0.29) is 23.7 Å². The molecule has 0 aliphatic heterocycles. The molecule has 1 unspecified atom stereocenters. The van der Waals surface area contributed by atoms with Crippen molar-refractivity contribution in [1.29, 1.82) is 0 Å². The Labute approximate surface area is 126 Å². The van der Waals surface area contributed by atoms with Crippen molar-refractivity contribution < 1.29 is 15.0 Å². The molecule has 1 atom stereocenters. The third-order valence-electron chi connectivity index (χ3n) is 4.20. The maximum Gasteiger partial charge on any atom is 0.237 e. The van der Waals surface area contributed by atoms with Crippen LogP contribution in [0.4, 0.5) is 0 Å². The van der Waals surface area contributed by atoms with E-state index in [1.807, 2.05) is 13.8 Å². The molecular formula is C16H26N2O3. The van der Waals surface area contributed by atoms with Crippen molar-refractivity contribution in [1.82, 2.24) is 5.32 Å². The standard InChI is InChI=1S/C16H26N2O3/c1-3-16(4-2,11-19)10-18-15(21)14(17)9-12-5-7-13(20)8-6-12/h5-8,14,19-20H,3-4,9-11,17H2,1-2H3,(H,18,21). The molecule has 1 aromatic carbocycles. The number of phenolic OH excluding ortho intramolecular Hbond substituents is 1. The van der Waals surface area contributed by atoms with Gasteiger partial charge < -0.3 is 21.3 Å². The van der Waals surface area contributed by atoms with Crippen molar-refractivity contribution in [2.24, 2.45) is 11.1 Å². The van der Waals surface area contributed by atoms with E-state index in [0.717, 1.165) is 18.4 Å². The molecule has 0 spiro atoms. The molecule has 0 radical (unpaired) electrons. The van der Waals surface area contributed by atoms with Gasteiger partial charge in [-0.25, -0.2) is 0 Å². The Hall–Kier alpha value is -1.59. The molecular weight excluding hydrogens is 268 g/mol. The molecule has 118 valence electrons. The number of nitrogens with two attached hydrogens (primary N) is 1. The van der Waals surface area contributed by atoms with Crippen LogP contribution in [0, 0.1) is 5.41 Å². The van der Waals surface area contributed by atoms with Gasteiger partial charge in [0, 0.05) is 12.0 Å². The molecule has 0 aliphatic rings. The summed E-state index contributed by atoms with van der Waals surface area (Å²) in [5.41, 5.74) is 6.53. The zero-order valence-corrected chi connectivity index (χ0v) is 12.8. The van der Waals surface area contributed by atoms with Gasteiger partial charge in [-0.3, -0.25) is 4.79 Å². The van der Waals surface area contributed by atoms with Crippen LogP contribution in [-0.2, 0) is 11.2 Å². The largest absolute Gasteiger partial charge is 0.508 e. The van der Waals surface area contributed by atoms with Crippen molar-refractivity contribution in [3.05, 3.63) is 29.8 Å². The van der Waals surface area contributed by atoms with Gasteiger partial charge >= 0.3 is 0 Å². The number of aliphatic hydroxyl groups is 1. The summed E-state index contributed by atoms with van der Waals surface area (Å²) in [6.45, 7) is 4.48. The molecule has 1 aromatic rings. The first-order chi connectivity index (χ1) is 9.96. The first kappa shape index (κ1) is 17.5. The van der Waals surface area contributed by atoms with Crippen LogP contribution >= 0.6 is 0 Å². The van der Waals surface area contributed by atoms with Crippen molar-refractivity contribution in [3.8, 4) is 5.75 Å². The zero-order chi connectivity index (χ0) is 15.9. The summed E-state index contributed by atoms with van der Waals surface area (Å²) in [6, 6.07) is 6.01. The second-order valence-corrected chi connectivity index (χ2v) is 5.56. The van der Waals surface area contributed by atoms with Gasteiger partial charge in [0.25, 0.3) is 0 Å². The Kier molecular flexibility index (Phi) is 6.65. The number of aromatic hydroxyl groups is 1. The van der Waals surface area contributed by atoms with Gasteiger partial charge in [-0.1, -0.05) is 26.0 Å². The molecule has 21 heavy (non-hydrogen) atoms. The average Bonchev–Trinajstić information content (AvgIpc) is 2.51. The van der Waals surface area contributed by atoms with E-state index in [9.17, 15) is 15.0 Å². The summed E-state index contributed by atoms with van der Waals surface area (Å²) in [6.07, 6.45) is 2.01. The molecule has 0 fully saturated rings. The van der Waals surface area contributed by atoms with Gasteiger partial charge in [0.1, 0.15) is 5.75 Å². The van der Waals surface area contributed by atoms with Crippen molar-refractivity contribution >= 4 is 5.91 Å². The minimum Gasteiger partial charge on any atom is -0.508 e. The van der Waals surface area contributed by atoms with Gasteiger partial charge in [-0.15, -0.1) is 0 Å². The highest BCUT2D eigenvalue weighted by atomic mass is 16.3. The Morgan fingerprint density at radius 1 is 1.29 bits per heavy atom. The Morgan fingerprint density at radius 3 is 2.33 bits per heavy atom. The second-order valence-electron chi connectivity index (χ2n) is 5.56. The molecule has 0 bridgehead atoms. The maximum atomic E-state index is 12.0. The van der Waals surface area contributed by atoms with Crippen LogP contribution in [-0.4, -0.2) is 35.3 Å². The van der Waals surface area contributed by atoms with Crippen LogP contribution in [0.5, 0.6) is 5.75 Å². The number of hydrogen-bond donors (Lipinski definition) is 4. The van der Waals surface area contributed by atoms with Crippen molar-refractivity contribution in [2.75, 3.05) is 13.2 Å². The quantitative estimate of drug-likeness (QED) is 0.579. The number of hydrogen-bond acceptors (Lipinski definition) is 4. The smallest absolute Gasteiger partial charge is 0.237 e. The third kappa shape index (κ3) is 5.02. The highest BCUT2D eigenvalue weighted by Crippen LogP contribution is 2.24. The summed E-state index contributed by atoms with van der Waals surface area (Å²) >= 11 is 0. The lowest BCUT2D eigenvalue weighted by atomic mass is 9.83. The number of carbonyl (C=O) groups excluding carboxylic acids is 1. The summed E-state index contributed by atoms with van der Waals surface area (Å²) < 4.78 is 0. The molecule has 0 heterocycles. The minimum absolute atomic E-state index is 0.0491. The monoisotopic (exact) mass is 294 g/mol. The van der Waals surface area contributed by atoms with Crippen LogP contribution in [0.15, 0.2) is 24.3 Å². The zero-order valence-electron chi connectivity index (χ0n) is 12.8. The van der Waals surface area contributed by atoms with Gasteiger partial charge in [0.2, 0.25) is 5.91 Å². The fourth-order valence-corrected chi connectivity index (χ4v) is 2.16. The van der Waals surface area contributed by atoms with Crippen LogP contribution in [0.1, 0.15) is 32.3 Å². The average molecular weight is 294 g/mol. The highest BCUT2D eigenvalue weighted by Gasteiger charge is 2.26. The molecule has 5 N–H and O–H groups in total. The Morgan fingerprint density at radius 2 is 1.86 bits per heavy atom. The highest BCUT2D eigenvalue weighted by molar-refractivity contribution is 5.81. The summed E-state index contributed by atoms with van der Waals surface area (Å²) in [4.78, 5) is 12.0. The van der Waals surface area contributed by atoms with Crippen molar-refractivity contribution in [3.63, 3.8) is 0 Å². The van der Waals surface area contributed by atoms with Gasteiger partial charge in [-0.05, 0) is 37.0 Å². The fourth-order valence-electron chi connectivity index (χ4n) is 2.16. The molecule has 0 aliphatic carbocycles. The lowest BCUT2D eigenvalue weighted by molar-refractivity contribution is -0.123. The lowest BCUT2D eigenvalue weighted by Gasteiger charge is -2.30. The topological polar surface area (TPSA) is 95.6 Å². The van der Waals surface area contributed by atoms with E-state index in [1.54, 1.807) is 24.3 Å². The first-order valence-electron chi connectivity index (χ1n) is 7.38. The van der Waals surface area contributed by atoms with E-state index in [1.165, 1.54) is 0 Å². The van der Waals surface area contributed by atoms with E-state index in [4.69, 9.17) is 5.73 Å².